The number of aliphatic hydroxyl groups excluding tert-OH is 1. The van der Waals surface area contributed by atoms with Gasteiger partial charge in [-0.15, -0.1) is 0 Å². The van der Waals surface area contributed by atoms with Gasteiger partial charge in [0.25, 0.3) is 0 Å². The molecule has 1 unspecified atom stereocenters. The Kier molecular flexibility index (Phi) is 2.84. The van der Waals surface area contributed by atoms with Crippen molar-refractivity contribution >= 4 is 0 Å². The molecule has 1 aliphatic heterocycles. The van der Waals surface area contributed by atoms with E-state index in [1.54, 1.807) is 6.20 Å². The van der Waals surface area contributed by atoms with E-state index >= 15 is 0 Å². The monoisotopic (exact) mass is 196 g/mol. The summed E-state index contributed by atoms with van der Waals surface area (Å²) in [6.07, 6.45) is 2.72. The smallest absolute Gasteiger partial charge is 0.146 e. The zero-order chi connectivity index (χ0) is 9.97. The number of aliphatic hydroxyl groups is 1. The molecule has 1 fully saturated rings. The number of aromatic nitrogens is 1. The van der Waals surface area contributed by atoms with Crippen molar-refractivity contribution in [1.29, 1.82) is 0 Å². The highest BCUT2D eigenvalue weighted by Crippen LogP contribution is 2.29. The van der Waals surface area contributed by atoms with Crippen LogP contribution in [0.15, 0.2) is 10.7 Å². The number of likely N-dealkylation sites (N-methyl/N-ethyl adjacent to an activating group) is 1. The molecule has 2 heterocycles. The number of rotatable bonds is 3. The van der Waals surface area contributed by atoms with Gasteiger partial charge in [-0.05, 0) is 19.5 Å². The van der Waals surface area contributed by atoms with E-state index in [9.17, 15) is 0 Å². The summed E-state index contributed by atoms with van der Waals surface area (Å²) in [5.41, 5.74) is 0.841. The summed E-state index contributed by atoms with van der Waals surface area (Å²) >= 11 is 0. The van der Waals surface area contributed by atoms with Gasteiger partial charge in [0, 0.05) is 18.0 Å². The molecule has 1 saturated heterocycles. The predicted molar refractivity (Wildman–Crippen MR) is 51.9 cm³/mol. The molecule has 14 heavy (non-hydrogen) atoms. The minimum absolute atomic E-state index is 0.0292. The van der Waals surface area contributed by atoms with Gasteiger partial charge in [-0.25, -0.2) is 0 Å². The molecule has 0 aliphatic carbocycles. The zero-order valence-corrected chi connectivity index (χ0v) is 8.44. The molecule has 1 aromatic rings. The lowest BCUT2D eigenvalue weighted by Gasteiger charge is -2.11. The van der Waals surface area contributed by atoms with Crippen LogP contribution in [0.4, 0.5) is 0 Å². The van der Waals surface area contributed by atoms with Crippen molar-refractivity contribution in [2.24, 2.45) is 0 Å². The summed E-state index contributed by atoms with van der Waals surface area (Å²) in [5, 5.41) is 12.8. The van der Waals surface area contributed by atoms with E-state index in [1.807, 2.05) is 0 Å². The predicted octanol–water partition coefficient (Wildman–Crippen LogP) is 0.976. The minimum atomic E-state index is 0.0292. The fraction of sp³-hybridized carbons (Fsp3) is 0.700. The first kappa shape index (κ1) is 9.68. The quantitative estimate of drug-likeness (QED) is 0.782. The molecular formula is C10H16N2O2. The first-order chi connectivity index (χ1) is 6.85. The van der Waals surface area contributed by atoms with Crippen molar-refractivity contribution in [2.75, 3.05) is 19.6 Å². The molecule has 4 nitrogen and oxygen atoms in total. The van der Waals surface area contributed by atoms with E-state index in [-0.39, 0.29) is 6.61 Å². The SMILES string of the molecule is CCN1CCC(c2oncc2CO)C1. The average molecular weight is 196 g/mol. The van der Waals surface area contributed by atoms with E-state index in [4.69, 9.17) is 9.63 Å². The number of hydrogen-bond donors (Lipinski definition) is 1. The molecule has 0 bridgehead atoms. The lowest BCUT2D eigenvalue weighted by Crippen LogP contribution is -2.19. The van der Waals surface area contributed by atoms with Crippen LogP contribution in [0.3, 0.4) is 0 Å². The van der Waals surface area contributed by atoms with Crippen molar-refractivity contribution in [2.45, 2.75) is 25.9 Å². The number of likely N-dealkylation sites (tertiary alicyclic amines) is 1. The van der Waals surface area contributed by atoms with Gasteiger partial charge in [-0.2, -0.15) is 0 Å². The Labute approximate surface area is 83.5 Å². The Bertz CT molecular complexity index is 298. The summed E-state index contributed by atoms with van der Waals surface area (Å²) in [4.78, 5) is 2.38. The molecule has 0 radical (unpaired) electrons. The molecule has 1 aromatic heterocycles. The largest absolute Gasteiger partial charge is 0.391 e. The second-order valence-corrected chi connectivity index (χ2v) is 3.75. The van der Waals surface area contributed by atoms with Crippen molar-refractivity contribution in [1.82, 2.24) is 10.1 Å². The fourth-order valence-corrected chi connectivity index (χ4v) is 2.06. The Hall–Kier alpha value is -0.870. The zero-order valence-electron chi connectivity index (χ0n) is 8.44. The fourth-order valence-electron chi connectivity index (χ4n) is 2.06. The van der Waals surface area contributed by atoms with Gasteiger partial charge < -0.3 is 14.5 Å². The van der Waals surface area contributed by atoms with Crippen LogP contribution in [0, 0.1) is 0 Å². The molecule has 0 spiro atoms. The molecule has 0 saturated carbocycles. The van der Waals surface area contributed by atoms with Gasteiger partial charge in [0.2, 0.25) is 0 Å². The molecule has 78 valence electrons. The molecule has 0 aromatic carbocycles. The van der Waals surface area contributed by atoms with E-state index < -0.39 is 0 Å². The third-order valence-corrected chi connectivity index (χ3v) is 2.94. The minimum Gasteiger partial charge on any atom is -0.391 e. The Morgan fingerprint density at radius 1 is 1.71 bits per heavy atom. The summed E-state index contributed by atoms with van der Waals surface area (Å²) in [6, 6.07) is 0. The standard InChI is InChI=1S/C10H16N2O2/c1-2-12-4-3-8(6-12)10-9(7-13)5-11-14-10/h5,8,13H,2-4,6-7H2,1H3. The molecule has 1 aliphatic rings. The summed E-state index contributed by atoms with van der Waals surface area (Å²) < 4.78 is 5.20. The van der Waals surface area contributed by atoms with Gasteiger partial charge >= 0.3 is 0 Å². The van der Waals surface area contributed by atoms with Crippen LogP contribution in [0.5, 0.6) is 0 Å². The third kappa shape index (κ3) is 1.67. The maximum atomic E-state index is 9.08. The van der Waals surface area contributed by atoms with Crippen molar-refractivity contribution in [3.63, 3.8) is 0 Å². The Balaban J connectivity index is 2.09. The van der Waals surface area contributed by atoms with Crippen LogP contribution in [0.1, 0.15) is 30.6 Å². The van der Waals surface area contributed by atoms with Crippen LogP contribution in [0.2, 0.25) is 0 Å². The van der Waals surface area contributed by atoms with Crippen LogP contribution in [0.25, 0.3) is 0 Å². The van der Waals surface area contributed by atoms with Gasteiger partial charge in [0.15, 0.2) is 0 Å². The normalized spacial score (nSPS) is 23.1. The maximum Gasteiger partial charge on any atom is 0.146 e. The first-order valence-corrected chi connectivity index (χ1v) is 5.11. The average Bonchev–Trinajstić information content (AvgIpc) is 2.85. The summed E-state index contributed by atoms with van der Waals surface area (Å²) in [5.74, 6) is 1.29. The topological polar surface area (TPSA) is 49.5 Å². The third-order valence-electron chi connectivity index (χ3n) is 2.94. The maximum absolute atomic E-state index is 9.08. The highest BCUT2D eigenvalue weighted by molar-refractivity contribution is 5.18. The molecule has 1 atom stereocenters. The van der Waals surface area contributed by atoms with Crippen LogP contribution < -0.4 is 0 Å². The molecule has 2 rings (SSSR count). The van der Waals surface area contributed by atoms with Gasteiger partial charge in [-0.1, -0.05) is 12.1 Å². The van der Waals surface area contributed by atoms with Gasteiger partial charge in [-0.3, -0.25) is 0 Å². The molecule has 1 N–H and O–H groups in total. The summed E-state index contributed by atoms with van der Waals surface area (Å²) in [7, 11) is 0. The van der Waals surface area contributed by atoms with Crippen LogP contribution in [-0.2, 0) is 6.61 Å². The molecule has 4 heteroatoms. The van der Waals surface area contributed by atoms with Crippen LogP contribution >= 0.6 is 0 Å². The first-order valence-electron chi connectivity index (χ1n) is 5.11. The van der Waals surface area contributed by atoms with Crippen molar-refractivity contribution in [3.05, 3.63) is 17.5 Å². The van der Waals surface area contributed by atoms with Crippen molar-refractivity contribution < 1.29 is 9.63 Å². The highest BCUT2D eigenvalue weighted by atomic mass is 16.5. The van der Waals surface area contributed by atoms with Crippen molar-refractivity contribution in [3.8, 4) is 0 Å². The second-order valence-electron chi connectivity index (χ2n) is 3.75. The highest BCUT2D eigenvalue weighted by Gasteiger charge is 2.27. The lowest BCUT2D eigenvalue weighted by molar-refractivity contribution is 0.273. The van der Waals surface area contributed by atoms with Crippen LogP contribution in [-0.4, -0.2) is 34.8 Å². The van der Waals surface area contributed by atoms with Gasteiger partial charge in [0.05, 0.1) is 12.8 Å². The van der Waals surface area contributed by atoms with E-state index in [1.165, 1.54) is 0 Å². The molecule has 0 amide bonds. The Morgan fingerprint density at radius 2 is 2.57 bits per heavy atom. The van der Waals surface area contributed by atoms with Gasteiger partial charge in [0.1, 0.15) is 5.76 Å². The summed E-state index contributed by atoms with van der Waals surface area (Å²) in [6.45, 7) is 5.42. The second kappa shape index (κ2) is 4.11. The lowest BCUT2D eigenvalue weighted by atomic mass is 10.0. The Morgan fingerprint density at radius 3 is 3.21 bits per heavy atom. The molecular weight excluding hydrogens is 180 g/mol. The van der Waals surface area contributed by atoms with E-state index in [2.05, 4.69) is 17.0 Å². The van der Waals surface area contributed by atoms with E-state index in [0.29, 0.717) is 5.92 Å². The van der Waals surface area contributed by atoms with E-state index in [0.717, 1.165) is 37.4 Å². The number of nitrogens with zero attached hydrogens (tertiary/aromatic N) is 2. The number of hydrogen-bond acceptors (Lipinski definition) is 4.